The predicted molar refractivity (Wildman–Crippen MR) is 84.3 cm³/mol. The number of methoxy groups -OCH3 is 1. The van der Waals surface area contributed by atoms with Crippen molar-refractivity contribution in [3.05, 3.63) is 45.1 Å². The Bertz CT molecular complexity index is 600. The third-order valence-corrected chi connectivity index (χ3v) is 4.05. The van der Waals surface area contributed by atoms with E-state index in [9.17, 15) is 0 Å². The van der Waals surface area contributed by atoms with E-state index in [2.05, 4.69) is 28.0 Å². The number of rotatable bonds is 5. The van der Waals surface area contributed by atoms with Crippen LogP contribution in [0.3, 0.4) is 0 Å². The van der Waals surface area contributed by atoms with Crippen LogP contribution in [0, 0.1) is 0 Å². The molecule has 2 rings (SSSR count). The van der Waals surface area contributed by atoms with Gasteiger partial charge in [-0.15, -0.1) is 0 Å². The van der Waals surface area contributed by atoms with Gasteiger partial charge in [0, 0.05) is 16.0 Å². The summed E-state index contributed by atoms with van der Waals surface area (Å²) >= 11 is 9.58. The van der Waals surface area contributed by atoms with Crippen LogP contribution in [0.1, 0.15) is 30.6 Å². The minimum atomic E-state index is -0.355. The van der Waals surface area contributed by atoms with Gasteiger partial charge in [-0.3, -0.25) is 4.68 Å². The van der Waals surface area contributed by atoms with E-state index in [4.69, 9.17) is 22.1 Å². The number of ether oxygens (including phenoxy) is 1. The van der Waals surface area contributed by atoms with E-state index in [1.165, 1.54) is 0 Å². The standard InChI is InChI=1S/C14H17BrClN3O/c1-3-6-19-14(12(20-2)8-18-19)13(17)10-7-9(16)4-5-11(10)15/h4-5,7-8,13H,3,6,17H2,1-2H3. The number of halogens is 2. The molecular weight excluding hydrogens is 342 g/mol. The molecule has 2 N–H and O–H groups in total. The monoisotopic (exact) mass is 357 g/mol. The van der Waals surface area contributed by atoms with Crippen molar-refractivity contribution in [3.8, 4) is 5.75 Å². The minimum absolute atomic E-state index is 0.355. The molecule has 0 aliphatic rings. The zero-order valence-corrected chi connectivity index (χ0v) is 13.8. The van der Waals surface area contributed by atoms with Gasteiger partial charge in [-0.25, -0.2) is 0 Å². The average molecular weight is 359 g/mol. The van der Waals surface area contributed by atoms with Crippen LogP contribution in [0.5, 0.6) is 5.75 Å². The van der Waals surface area contributed by atoms with Gasteiger partial charge in [0.15, 0.2) is 5.75 Å². The summed E-state index contributed by atoms with van der Waals surface area (Å²) in [5, 5.41) is 4.99. The number of nitrogens with two attached hydrogens (primary N) is 1. The number of aromatic nitrogens is 2. The highest BCUT2D eigenvalue weighted by atomic mass is 79.9. The Labute approximate surface area is 132 Å². The fourth-order valence-electron chi connectivity index (χ4n) is 2.14. The molecule has 1 aromatic heterocycles. The van der Waals surface area contributed by atoms with Gasteiger partial charge in [0.05, 0.1) is 19.3 Å². The highest BCUT2D eigenvalue weighted by Crippen LogP contribution is 2.33. The lowest BCUT2D eigenvalue weighted by molar-refractivity contribution is 0.404. The first-order valence-corrected chi connectivity index (χ1v) is 7.55. The summed E-state index contributed by atoms with van der Waals surface area (Å²) in [6.07, 6.45) is 2.67. The molecule has 6 heteroatoms. The van der Waals surface area contributed by atoms with Crippen molar-refractivity contribution in [1.29, 1.82) is 0 Å². The highest BCUT2D eigenvalue weighted by molar-refractivity contribution is 9.10. The van der Waals surface area contributed by atoms with Crippen LogP contribution in [0.2, 0.25) is 5.02 Å². The lowest BCUT2D eigenvalue weighted by Crippen LogP contribution is -2.19. The Balaban J connectivity index is 2.48. The summed E-state index contributed by atoms with van der Waals surface area (Å²) < 4.78 is 8.18. The van der Waals surface area contributed by atoms with Crippen molar-refractivity contribution >= 4 is 27.5 Å². The molecule has 1 heterocycles. The molecule has 2 aromatic rings. The van der Waals surface area contributed by atoms with Gasteiger partial charge in [-0.05, 0) is 30.2 Å². The first-order valence-electron chi connectivity index (χ1n) is 6.38. The number of benzene rings is 1. The van der Waals surface area contributed by atoms with E-state index in [0.29, 0.717) is 10.8 Å². The van der Waals surface area contributed by atoms with Gasteiger partial charge >= 0.3 is 0 Å². The second kappa shape index (κ2) is 6.61. The summed E-state index contributed by atoms with van der Waals surface area (Å²) in [6, 6.07) is 5.22. The maximum atomic E-state index is 6.41. The number of aryl methyl sites for hydroxylation is 1. The largest absolute Gasteiger partial charge is 0.493 e. The van der Waals surface area contributed by atoms with Crippen LogP contribution in [-0.2, 0) is 6.54 Å². The van der Waals surface area contributed by atoms with Crippen molar-refractivity contribution < 1.29 is 4.74 Å². The molecule has 0 aliphatic heterocycles. The summed E-state index contributed by atoms with van der Waals surface area (Å²) in [7, 11) is 1.62. The topological polar surface area (TPSA) is 53.1 Å². The van der Waals surface area contributed by atoms with Crippen molar-refractivity contribution in [1.82, 2.24) is 9.78 Å². The van der Waals surface area contributed by atoms with E-state index in [-0.39, 0.29) is 6.04 Å². The molecule has 108 valence electrons. The van der Waals surface area contributed by atoms with Crippen molar-refractivity contribution in [2.24, 2.45) is 5.73 Å². The first kappa shape index (κ1) is 15.4. The zero-order chi connectivity index (χ0) is 14.7. The van der Waals surface area contributed by atoms with Gasteiger partial charge < -0.3 is 10.5 Å². The van der Waals surface area contributed by atoms with Crippen LogP contribution >= 0.6 is 27.5 Å². The van der Waals surface area contributed by atoms with Crippen molar-refractivity contribution in [3.63, 3.8) is 0 Å². The van der Waals surface area contributed by atoms with Gasteiger partial charge in [0.25, 0.3) is 0 Å². The third kappa shape index (κ3) is 3.00. The fourth-order valence-corrected chi connectivity index (χ4v) is 2.81. The predicted octanol–water partition coefficient (Wildman–Crippen LogP) is 3.77. The number of hydrogen-bond donors (Lipinski definition) is 1. The van der Waals surface area contributed by atoms with Crippen LogP contribution < -0.4 is 10.5 Å². The lowest BCUT2D eigenvalue weighted by Gasteiger charge is -2.17. The van der Waals surface area contributed by atoms with Crippen LogP contribution in [0.25, 0.3) is 0 Å². The highest BCUT2D eigenvalue weighted by Gasteiger charge is 2.22. The molecule has 0 bridgehead atoms. The van der Waals surface area contributed by atoms with E-state index in [1.54, 1.807) is 13.3 Å². The maximum Gasteiger partial charge on any atom is 0.161 e. The van der Waals surface area contributed by atoms with Gasteiger partial charge in [-0.2, -0.15) is 5.10 Å². The van der Waals surface area contributed by atoms with Crippen molar-refractivity contribution in [2.75, 3.05) is 7.11 Å². The lowest BCUT2D eigenvalue weighted by atomic mass is 10.0. The third-order valence-electron chi connectivity index (χ3n) is 3.09. The first-order chi connectivity index (χ1) is 9.58. The van der Waals surface area contributed by atoms with E-state index >= 15 is 0 Å². The average Bonchev–Trinajstić information content (AvgIpc) is 2.84. The van der Waals surface area contributed by atoms with E-state index in [1.807, 2.05) is 22.9 Å². The second-order valence-electron chi connectivity index (χ2n) is 4.46. The molecule has 1 atom stereocenters. The molecule has 0 fully saturated rings. The molecule has 20 heavy (non-hydrogen) atoms. The molecule has 1 aromatic carbocycles. The summed E-state index contributed by atoms with van der Waals surface area (Å²) in [4.78, 5) is 0. The van der Waals surface area contributed by atoms with Crippen LogP contribution in [0.4, 0.5) is 0 Å². The molecule has 0 aliphatic carbocycles. The number of nitrogens with zero attached hydrogens (tertiary/aromatic N) is 2. The molecule has 4 nitrogen and oxygen atoms in total. The Morgan fingerprint density at radius 1 is 1.50 bits per heavy atom. The molecule has 0 saturated heterocycles. The normalized spacial score (nSPS) is 12.4. The molecule has 0 spiro atoms. The zero-order valence-electron chi connectivity index (χ0n) is 11.4. The quantitative estimate of drug-likeness (QED) is 0.885. The van der Waals surface area contributed by atoms with Gasteiger partial charge in [0.2, 0.25) is 0 Å². The van der Waals surface area contributed by atoms with E-state index in [0.717, 1.165) is 28.7 Å². The molecule has 0 amide bonds. The second-order valence-corrected chi connectivity index (χ2v) is 5.76. The molecular formula is C14H17BrClN3O. The van der Waals surface area contributed by atoms with Crippen LogP contribution in [0.15, 0.2) is 28.9 Å². The smallest absolute Gasteiger partial charge is 0.161 e. The Morgan fingerprint density at radius 2 is 2.25 bits per heavy atom. The Morgan fingerprint density at radius 3 is 2.90 bits per heavy atom. The number of hydrogen-bond acceptors (Lipinski definition) is 3. The fraction of sp³-hybridized carbons (Fsp3) is 0.357. The SMILES string of the molecule is CCCn1ncc(OC)c1C(N)c1cc(Cl)ccc1Br. The summed E-state index contributed by atoms with van der Waals surface area (Å²) in [6.45, 7) is 2.89. The minimum Gasteiger partial charge on any atom is -0.493 e. The van der Waals surface area contributed by atoms with Crippen LogP contribution in [-0.4, -0.2) is 16.9 Å². The molecule has 1 unspecified atom stereocenters. The summed E-state index contributed by atoms with van der Waals surface area (Å²) in [5.74, 6) is 0.692. The molecule has 0 radical (unpaired) electrons. The Hall–Kier alpha value is -1.04. The van der Waals surface area contributed by atoms with E-state index < -0.39 is 0 Å². The van der Waals surface area contributed by atoms with Gasteiger partial charge in [0.1, 0.15) is 5.69 Å². The molecule has 0 saturated carbocycles. The van der Waals surface area contributed by atoms with Crippen molar-refractivity contribution in [2.45, 2.75) is 25.9 Å². The van der Waals surface area contributed by atoms with Gasteiger partial charge in [-0.1, -0.05) is 34.5 Å². The summed E-state index contributed by atoms with van der Waals surface area (Å²) in [5.41, 5.74) is 8.18. The maximum absolute atomic E-state index is 6.41. The Kier molecular flexibility index (Phi) is 5.07.